The lowest BCUT2D eigenvalue weighted by molar-refractivity contribution is 1.18. The summed E-state index contributed by atoms with van der Waals surface area (Å²) in [5.41, 5.74) is 9.99. The Labute approximate surface area is 55.1 Å². The summed E-state index contributed by atoms with van der Waals surface area (Å²) in [6.07, 6.45) is 0. The van der Waals surface area contributed by atoms with Crippen molar-refractivity contribution in [1.29, 1.82) is 0 Å². The van der Waals surface area contributed by atoms with E-state index in [1.165, 1.54) is 11.3 Å². The van der Waals surface area contributed by atoms with Crippen LogP contribution < -0.4 is 5.73 Å². The normalized spacial score (nSPS) is 10.1. The van der Waals surface area contributed by atoms with Gasteiger partial charge in [0, 0.05) is 11.4 Å². The molecule has 1 heterocycles. The first-order valence-electron chi connectivity index (χ1n) is 3.04. The Kier molecular flexibility index (Phi) is 1.24. The molecule has 0 saturated heterocycles. The van der Waals surface area contributed by atoms with Gasteiger partial charge in [0.1, 0.15) is 0 Å². The third-order valence-corrected chi connectivity index (χ3v) is 1.75. The first-order chi connectivity index (χ1) is 4.13. The van der Waals surface area contributed by atoms with Gasteiger partial charge in [-0.2, -0.15) is 0 Å². The first-order valence-corrected chi connectivity index (χ1v) is 3.04. The average molecular weight is 124 g/mol. The smallest absolute Gasteiger partial charge is 0.0554 e. The third-order valence-electron chi connectivity index (χ3n) is 1.75. The lowest BCUT2D eigenvalue weighted by atomic mass is 10.2. The van der Waals surface area contributed by atoms with E-state index in [0.29, 0.717) is 0 Å². The van der Waals surface area contributed by atoms with Gasteiger partial charge in [0.15, 0.2) is 0 Å². The van der Waals surface area contributed by atoms with Crippen LogP contribution >= 0.6 is 0 Å². The van der Waals surface area contributed by atoms with Gasteiger partial charge in [-0.05, 0) is 26.3 Å². The summed E-state index contributed by atoms with van der Waals surface area (Å²) in [7, 11) is 0. The number of hydrogen-bond acceptors (Lipinski definition) is 1. The van der Waals surface area contributed by atoms with Crippen LogP contribution in [0.3, 0.4) is 0 Å². The standard InChI is InChI=1S/C7H12N2/c1-4-5(2)9-6(3)7(4)8/h9H,8H2,1-3H3. The molecule has 1 rings (SSSR count). The second-order valence-electron chi connectivity index (χ2n) is 2.41. The predicted octanol–water partition coefficient (Wildman–Crippen LogP) is 1.52. The van der Waals surface area contributed by atoms with Crippen LogP contribution in [-0.2, 0) is 0 Å². The lowest BCUT2D eigenvalue weighted by Gasteiger charge is -1.88. The molecule has 2 nitrogen and oxygen atoms in total. The molecule has 0 aliphatic heterocycles. The van der Waals surface area contributed by atoms with Gasteiger partial charge in [-0.3, -0.25) is 0 Å². The molecule has 0 aliphatic rings. The molecule has 3 N–H and O–H groups in total. The van der Waals surface area contributed by atoms with E-state index in [2.05, 4.69) is 4.98 Å². The monoisotopic (exact) mass is 124 g/mol. The topological polar surface area (TPSA) is 41.8 Å². The van der Waals surface area contributed by atoms with Gasteiger partial charge in [0.05, 0.1) is 5.69 Å². The largest absolute Gasteiger partial charge is 0.397 e. The van der Waals surface area contributed by atoms with Gasteiger partial charge >= 0.3 is 0 Å². The van der Waals surface area contributed by atoms with E-state index >= 15 is 0 Å². The number of aryl methyl sites for hydroxylation is 2. The number of nitrogens with two attached hydrogens (primary N) is 1. The molecular weight excluding hydrogens is 112 g/mol. The maximum absolute atomic E-state index is 5.67. The maximum Gasteiger partial charge on any atom is 0.0554 e. The molecule has 1 aromatic rings. The van der Waals surface area contributed by atoms with Crippen molar-refractivity contribution in [2.75, 3.05) is 5.73 Å². The first kappa shape index (κ1) is 6.20. The maximum atomic E-state index is 5.67. The minimum Gasteiger partial charge on any atom is -0.397 e. The van der Waals surface area contributed by atoms with Crippen LogP contribution in [0, 0.1) is 20.8 Å². The number of nitrogen functional groups attached to an aromatic ring is 1. The molecule has 0 aromatic carbocycles. The summed E-state index contributed by atoms with van der Waals surface area (Å²) in [6, 6.07) is 0. The van der Waals surface area contributed by atoms with Crippen molar-refractivity contribution in [3.8, 4) is 0 Å². The molecule has 0 aliphatic carbocycles. The predicted molar refractivity (Wildman–Crippen MR) is 39.4 cm³/mol. The average Bonchev–Trinajstić information content (AvgIpc) is 1.98. The van der Waals surface area contributed by atoms with Gasteiger partial charge in [-0.1, -0.05) is 0 Å². The summed E-state index contributed by atoms with van der Waals surface area (Å²) in [5, 5.41) is 0. The van der Waals surface area contributed by atoms with Crippen LogP contribution in [0.4, 0.5) is 5.69 Å². The number of hydrogen-bond donors (Lipinski definition) is 2. The SMILES string of the molecule is Cc1[nH]c(C)c(N)c1C. The number of aromatic nitrogens is 1. The zero-order valence-electron chi connectivity index (χ0n) is 6.08. The molecule has 0 fully saturated rings. The second-order valence-corrected chi connectivity index (χ2v) is 2.41. The van der Waals surface area contributed by atoms with E-state index in [1.54, 1.807) is 0 Å². The van der Waals surface area contributed by atoms with E-state index in [-0.39, 0.29) is 0 Å². The molecule has 1 aromatic heterocycles. The number of rotatable bonds is 0. The molecule has 0 spiro atoms. The molecule has 50 valence electrons. The Bertz CT molecular complexity index is 201. The highest BCUT2D eigenvalue weighted by molar-refractivity contribution is 5.53. The van der Waals surface area contributed by atoms with E-state index < -0.39 is 0 Å². The third kappa shape index (κ3) is 0.803. The Morgan fingerprint density at radius 2 is 1.67 bits per heavy atom. The van der Waals surface area contributed by atoms with Gasteiger partial charge in [-0.15, -0.1) is 0 Å². The van der Waals surface area contributed by atoms with Crippen LogP contribution in [0.1, 0.15) is 17.0 Å². The minimum atomic E-state index is 0.896. The summed E-state index contributed by atoms with van der Waals surface area (Å²) in [4.78, 5) is 3.15. The molecule has 0 unspecified atom stereocenters. The highest BCUT2D eigenvalue weighted by atomic mass is 14.8. The van der Waals surface area contributed by atoms with Crippen molar-refractivity contribution in [2.45, 2.75) is 20.8 Å². The number of anilines is 1. The minimum absolute atomic E-state index is 0.896. The van der Waals surface area contributed by atoms with Crippen molar-refractivity contribution < 1.29 is 0 Å². The zero-order chi connectivity index (χ0) is 7.02. The quantitative estimate of drug-likeness (QED) is 0.541. The second kappa shape index (κ2) is 1.79. The van der Waals surface area contributed by atoms with Gasteiger partial charge < -0.3 is 10.7 Å². The van der Waals surface area contributed by atoms with Crippen molar-refractivity contribution in [2.24, 2.45) is 0 Å². The summed E-state index contributed by atoms with van der Waals surface area (Å²) < 4.78 is 0. The molecule has 9 heavy (non-hydrogen) atoms. The fraction of sp³-hybridized carbons (Fsp3) is 0.429. The molecule has 0 atom stereocenters. The molecule has 2 heteroatoms. The molecule has 0 saturated carbocycles. The van der Waals surface area contributed by atoms with E-state index in [9.17, 15) is 0 Å². The fourth-order valence-electron chi connectivity index (χ4n) is 0.926. The zero-order valence-corrected chi connectivity index (χ0v) is 6.08. The highest BCUT2D eigenvalue weighted by Gasteiger charge is 2.01. The Morgan fingerprint density at radius 1 is 1.11 bits per heavy atom. The van der Waals surface area contributed by atoms with Gasteiger partial charge in [0.25, 0.3) is 0 Å². The van der Waals surface area contributed by atoms with Crippen LogP contribution in [0.25, 0.3) is 0 Å². The number of nitrogens with one attached hydrogen (secondary N) is 1. The number of H-pyrrole nitrogens is 1. The van der Waals surface area contributed by atoms with Crippen molar-refractivity contribution >= 4 is 5.69 Å². The summed E-state index contributed by atoms with van der Waals surface area (Å²) >= 11 is 0. The van der Waals surface area contributed by atoms with Crippen molar-refractivity contribution in [1.82, 2.24) is 4.98 Å². The van der Waals surface area contributed by atoms with Crippen LogP contribution in [0.5, 0.6) is 0 Å². The fourth-order valence-corrected chi connectivity index (χ4v) is 0.926. The van der Waals surface area contributed by atoms with Crippen molar-refractivity contribution in [3.05, 3.63) is 17.0 Å². The Hall–Kier alpha value is -0.920. The van der Waals surface area contributed by atoms with Crippen LogP contribution in [-0.4, -0.2) is 4.98 Å². The summed E-state index contributed by atoms with van der Waals surface area (Å²) in [5.74, 6) is 0. The van der Waals surface area contributed by atoms with Crippen LogP contribution in [0.15, 0.2) is 0 Å². The Morgan fingerprint density at radius 3 is 1.78 bits per heavy atom. The molecule has 0 bridgehead atoms. The summed E-state index contributed by atoms with van der Waals surface area (Å²) in [6.45, 7) is 6.03. The van der Waals surface area contributed by atoms with Crippen LogP contribution in [0.2, 0.25) is 0 Å². The van der Waals surface area contributed by atoms with E-state index in [4.69, 9.17) is 5.73 Å². The van der Waals surface area contributed by atoms with E-state index in [0.717, 1.165) is 11.4 Å². The lowest BCUT2D eigenvalue weighted by Crippen LogP contribution is -1.86. The highest BCUT2D eigenvalue weighted by Crippen LogP contribution is 2.17. The van der Waals surface area contributed by atoms with Gasteiger partial charge in [-0.25, -0.2) is 0 Å². The Balaban J connectivity index is 3.29. The van der Waals surface area contributed by atoms with E-state index in [1.807, 2.05) is 20.8 Å². The van der Waals surface area contributed by atoms with Crippen molar-refractivity contribution in [3.63, 3.8) is 0 Å². The number of aromatic amines is 1. The molecular formula is C7H12N2. The molecule has 0 radical (unpaired) electrons. The molecule has 0 amide bonds. The van der Waals surface area contributed by atoms with Gasteiger partial charge in [0.2, 0.25) is 0 Å².